The van der Waals surface area contributed by atoms with Crippen molar-refractivity contribution < 1.29 is 31.9 Å². The van der Waals surface area contributed by atoms with Crippen molar-refractivity contribution in [3.8, 4) is 11.5 Å². The molecule has 0 fully saturated rings. The van der Waals surface area contributed by atoms with Gasteiger partial charge in [0.15, 0.2) is 11.5 Å². The number of hydrogen-bond donors (Lipinski definition) is 1. The van der Waals surface area contributed by atoms with Gasteiger partial charge in [-0.25, -0.2) is 12.8 Å². The van der Waals surface area contributed by atoms with Gasteiger partial charge in [-0.2, -0.15) is 0 Å². The number of nitrogens with one attached hydrogen (secondary N) is 1. The first-order chi connectivity index (χ1) is 20.0. The number of anilines is 1. The van der Waals surface area contributed by atoms with Gasteiger partial charge in [0.25, 0.3) is 10.0 Å². The summed E-state index contributed by atoms with van der Waals surface area (Å²) in [6, 6.07) is 12.7. The number of rotatable bonds is 11. The molecule has 0 aliphatic carbocycles. The van der Waals surface area contributed by atoms with Crippen LogP contribution in [0.4, 0.5) is 10.1 Å². The van der Waals surface area contributed by atoms with Crippen LogP contribution in [0.2, 0.25) is 10.0 Å². The van der Waals surface area contributed by atoms with E-state index in [1.807, 2.05) is 6.92 Å². The fourth-order valence-corrected chi connectivity index (χ4v) is 6.01. The van der Waals surface area contributed by atoms with Crippen LogP contribution < -0.4 is 19.1 Å². The Morgan fingerprint density at radius 3 is 2.33 bits per heavy atom. The van der Waals surface area contributed by atoms with Crippen molar-refractivity contribution in [2.75, 3.05) is 30.6 Å². The molecule has 0 saturated carbocycles. The number of nitrogens with zero attached hydrogens (tertiary/aromatic N) is 2. The lowest BCUT2D eigenvalue weighted by Crippen LogP contribution is -2.51. The average molecular weight is 639 g/mol. The van der Waals surface area contributed by atoms with E-state index in [-0.39, 0.29) is 34.5 Å². The largest absolute Gasteiger partial charge is 0.486 e. The normalized spacial score (nSPS) is 13.3. The Bertz CT molecular complexity index is 1560. The maximum atomic E-state index is 14.0. The van der Waals surface area contributed by atoms with Crippen LogP contribution in [0.25, 0.3) is 0 Å². The molecule has 1 aliphatic heterocycles. The van der Waals surface area contributed by atoms with Crippen molar-refractivity contribution in [1.29, 1.82) is 0 Å². The molecule has 3 aromatic carbocycles. The Morgan fingerprint density at radius 1 is 0.976 bits per heavy atom. The lowest BCUT2D eigenvalue weighted by molar-refractivity contribution is -0.139. The highest BCUT2D eigenvalue weighted by Crippen LogP contribution is 2.34. The van der Waals surface area contributed by atoms with Crippen molar-refractivity contribution in [3.05, 3.63) is 82.1 Å². The van der Waals surface area contributed by atoms with Crippen LogP contribution in [-0.4, -0.2) is 57.5 Å². The van der Waals surface area contributed by atoms with Crippen LogP contribution in [0.15, 0.2) is 65.6 Å². The van der Waals surface area contributed by atoms with Gasteiger partial charge in [-0.15, -0.1) is 0 Å². The second-order valence-electron chi connectivity index (χ2n) is 9.53. The number of fused-ring (bicyclic) bond motifs is 1. The third-order valence-electron chi connectivity index (χ3n) is 6.55. The van der Waals surface area contributed by atoms with E-state index >= 15 is 0 Å². The first-order valence-corrected chi connectivity index (χ1v) is 15.4. The molecule has 9 nitrogen and oxygen atoms in total. The molecule has 0 spiro atoms. The van der Waals surface area contributed by atoms with E-state index in [9.17, 15) is 22.4 Å². The third kappa shape index (κ3) is 7.26. The highest BCUT2D eigenvalue weighted by molar-refractivity contribution is 7.92. The van der Waals surface area contributed by atoms with Crippen molar-refractivity contribution in [2.24, 2.45) is 0 Å². The first-order valence-electron chi connectivity index (χ1n) is 13.2. The van der Waals surface area contributed by atoms with Crippen LogP contribution in [0.3, 0.4) is 0 Å². The third-order valence-corrected chi connectivity index (χ3v) is 9.06. The number of amides is 2. The molecule has 1 heterocycles. The molecule has 0 radical (unpaired) electrons. The molecule has 13 heteroatoms. The van der Waals surface area contributed by atoms with E-state index in [1.54, 1.807) is 25.1 Å². The summed E-state index contributed by atoms with van der Waals surface area (Å²) in [5.74, 6) is -1.03. The van der Waals surface area contributed by atoms with Crippen molar-refractivity contribution >= 4 is 50.7 Å². The van der Waals surface area contributed by atoms with E-state index in [4.69, 9.17) is 32.7 Å². The van der Waals surface area contributed by atoms with Crippen LogP contribution in [0.5, 0.6) is 11.5 Å². The number of sulfonamides is 1. The molecule has 3 aromatic rings. The molecule has 0 aromatic heterocycles. The van der Waals surface area contributed by atoms with Gasteiger partial charge in [-0.1, -0.05) is 36.2 Å². The molecule has 1 atom stereocenters. The molecule has 42 heavy (non-hydrogen) atoms. The molecule has 0 saturated heterocycles. The zero-order chi connectivity index (χ0) is 30.4. The standard InChI is InChI=1S/C29H30Cl2FN3O6S/c1-3-12-33-29(37)19(2)34(17-20-4-10-24(30)25(31)15-20)28(36)18-35(22-7-5-21(32)6-8-22)42(38,39)23-9-11-26-27(16-23)41-14-13-40-26/h4-11,15-16,19H,3,12-14,17-18H2,1-2H3,(H,33,37)/t19-/m0/s1. The summed E-state index contributed by atoms with van der Waals surface area (Å²) in [5.41, 5.74) is 0.633. The van der Waals surface area contributed by atoms with Crippen molar-refractivity contribution in [3.63, 3.8) is 0 Å². The number of halogens is 3. The van der Waals surface area contributed by atoms with Gasteiger partial charge < -0.3 is 19.7 Å². The molecular formula is C29H30Cl2FN3O6S. The molecule has 0 bridgehead atoms. The Hall–Kier alpha value is -3.54. The lowest BCUT2D eigenvalue weighted by atomic mass is 10.1. The van der Waals surface area contributed by atoms with Gasteiger partial charge in [0, 0.05) is 19.2 Å². The zero-order valence-corrected chi connectivity index (χ0v) is 25.3. The minimum atomic E-state index is -4.39. The Labute approximate surface area is 254 Å². The quantitative estimate of drug-likeness (QED) is 0.316. The smallest absolute Gasteiger partial charge is 0.264 e. The molecule has 0 unspecified atom stereocenters. The number of carbonyl (C=O) groups is 2. The van der Waals surface area contributed by atoms with Crippen LogP contribution in [0.1, 0.15) is 25.8 Å². The molecule has 1 aliphatic rings. The summed E-state index contributed by atoms with van der Waals surface area (Å²) < 4.78 is 53.7. The van der Waals surface area contributed by atoms with Crippen LogP contribution in [-0.2, 0) is 26.2 Å². The lowest BCUT2D eigenvalue weighted by Gasteiger charge is -2.32. The van der Waals surface area contributed by atoms with E-state index in [0.717, 1.165) is 16.4 Å². The monoisotopic (exact) mass is 637 g/mol. The number of ether oxygens (including phenoxy) is 2. The van der Waals surface area contributed by atoms with Gasteiger partial charge in [-0.05, 0) is 67.4 Å². The van der Waals surface area contributed by atoms with Crippen molar-refractivity contribution in [2.45, 2.75) is 37.8 Å². The van der Waals surface area contributed by atoms with Crippen molar-refractivity contribution in [1.82, 2.24) is 10.2 Å². The predicted molar refractivity (Wildman–Crippen MR) is 158 cm³/mol. The summed E-state index contributed by atoms with van der Waals surface area (Å²) >= 11 is 12.2. The highest BCUT2D eigenvalue weighted by Gasteiger charge is 2.33. The second kappa shape index (κ2) is 13.6. The minimum Gasteiger partial charge on any atom is -0.486 e. The number of carbonyl (C=O) groups excluding carboxylic acids is 2. The maximum Gasteiger partial charge on any atom is 0.264 e. The number of hydrogen-bond acceptors (Lipinski definition) is 6. The summed E-state index contributed by atoms with van der Waals surface area (Å²) in [6.45, 7) is 3.68. The van der Waals surface area contributed by atoms with E-state index in [1.165, 1.54) is 35.2 Å². The Kier molecular flexibility index (Phi) is 10.2. The summed E-state index contributed by atoms with van der Waals surface area (Å²) in [4.78, 5) is 28.0. The summed E-state index contributed by atoms with van der Waals surface area (Å²) in [6.07, 6.45) is 0.686. The first kappa shape index (κ1) is 31.4. The molecule has 224 valence electrons. The minimum absolute atomic E-state index is 0.0530. The SMILES string of the molecule is CCCNC(=O)[C@H](C)N(Cc1ccc(Cl)c(Cl)c1)C(=O)CN(c1ccc(F)cc1)S(=O)(=O)c1ccc2c(c1)OCCO2. The maximum absolute atomic E-state index is 14.0. The molecular weight excluding hydrogens is 608 g/mol. The topological polar surface area (TPSA) is 105 Å². The number of benzene rings is 3. The zero-order valence-electron chi connectivity index (χ0n) is 23.0. The van der Waals surface area contributed by atoms with Gasteiger partial charge in [0.05, 0.1) is 20.6 Å². The summed E-state index contributed by atoms with van der Waals surface area (Å²) in [7, 11) is -4.39. The highest BCUT2D eigenvalue weighted by atomic mass is 35.5. The molecule has 1 N–H and O–H groups in total. The van der Waals surface area contributed by atoms with Crippen LogP contribution in [0, 0.1) is 5.82 Å². The predicted octanol–water partition coefficient (Wildman–Crippen LogP) is 5.04. The molecule has 2 amide bonds. The van der Waals surface area contributed by atoms with Gasteiger partial charge in [0.2, 0.25) is 11.8 Å². The fourth-order valence-electron chi connectivity index (χ4n) is 4.26. The van der Waals surface area contributed by atoms with E-state index < -0.39 is 40.2 Å². The average Bonchev–Trinajstić information content (AvgIpc) is 2.98. The second-order valence-corrected chi connectivity index (χ2v) is 12.2. The van der Waals surface area contributed by atoms with Gasteiger partial charge in [-0.3, -0.25) is 13.9 Å². The van der Waals surface area contributed by atoms with Crippen LogP contribution >= 0.6 is 23.2 Å². The Balaban J connectivity index is 1.72. The Morgan fingerprint density at radius 2 is 1.67 bits per heavy atom. The van der Waals surface area contributed by atoms with E-state index in [2.05, 4.69) is 5.32 Å². The summed E-state index contributed by atoms with van der Waals surface area (Å²) in [5, 5.41) is 3.35. The van der Waals surface area contributed by atoms with Gasteiger partial charge in [0.1, 0.15) is 31.6 Å². The van der Waals surface area contributed by atoms with Gasteiger partial charge >= 0.3 is 0 Å². The van der Waals surface area contributed by atoms with E-state index in [0.29, 0.717) is 35.9 Å². The fraction of sp³-hybridized carbons (Fsp3) is 0.310. The molecule has 4 rings (SSSR count).